The molecule has 76 valence electrons. The van der Waals surface area contributed by atoms with Crippen LogP contribution in [0.5, 0.6) is 0 Å². The van der Waals surface area contributed by atoms with Crippen molar-refractivity contribution in [3.63, 3.8) is 0 Å². The summed E-state index contributed by atoms with van der Waals surface area (Å²) in [7, 11) is 0. The van der Waals surface area contributed by atoms with Crippen LogP contribution >= 0.6 is 0 Å². The molecule has 14 heavy (non-hydrogen) atoms. The van der Waals surface area contributed by atoms with Gasteiger partial charge in [-0.1, -0.05) is 0 Å². The lowest BCUT2D eigenvalue weighted by molar-refractivity contribution is 0.727. The summed E-state index contributed by atoms with van der Waals surface area (Å²) in [5.41, 5.74) is 7.64. The van der Waals surface area contributed by atoms with Gasteiger partial charge in [-0.05, 0) is 38.3 Å². The Morgan fingerprint density at radius 2 is 2.36 bits per heavy atom. The molecule has 0 saturated carbocycles. The molecule has 2 rings (SSSR count). The second-order valence-corrected chi connectivity index (χ2v) is 4.08. The van der Waals surface area contributed by atoms with Crippen molar-refractivity contribution < 1.29 is 0 Å². The molecule has 2 heterocycles. The molecule has 0 bridgehead atoms. The van der Waals surface area contributed by atoms with E-state index in [-0.39, 0.29) is 0 Å². The fourth-order valence-corrected chi connectivity index (χ4v) is 1.98. The van der Waals surface area contributed by atoms with Crippen LogP contribution in [0, 0.1) is 6.92 Å². The Balaban J connectivity index is 2.28. The van der Waals surface area contributed by atoms with Gasteiger partial charge in [-0.3, -0.25) is 0 Å². The fraction of sp³-hybridized carbons (Fsp3) is 0.545. The first-order chi connectivity index (χ1) is 6.68. The highest BCUT2D eigenvalue weighted by molar-refractivity contribution is 5.52. The minimum Gasteiger partial charge on any atom is -0.397 e. The molecule has 1 aromatic heterocycles. The normalized spacial score (nSPS) is 21.6. The largest absolute Gasteiger partial charge is 0.397 e. The number of nitrogens with zero attached hydrogens (tertiary/aromatic N) is 2. The van der Waals surface area contributed by atoms with E-state index >= 15 is 0 Å². The molecule has 2 N–H and O–H groups in total. The van der Waals surface area contributed by atoms with Gasteiger partial charge < -0.3 is 10.6 Å². The first kappa shape index (κ1) is 9.31. The van der Waals surface area contributed by atoms with Crippen molar-refractivity contribution in [2.24, 2.45) is 0 Å². The maximum Gasteiger partial charge on any atom is 0.129 e. The molecule has 1 aliphatic rings. The number of anilines is 2. The van der Waals surface area contributed by atoms with E-state index in [1.807, 2.05) is 6.92 Å². The maximum absolute atomic E-state index is 5.74. The van der Waals surface area contributed by atoms with Crippen LogP contribution in [0.2, 0.25) is 0 Å². The molecule has 0 aromatic carbocycles. The highest BCUT2D eigenvalue weighted by Crippen LogP contribution is 2.25. The Morgan fingerprint density at radius 3 is 2.93 bits per heavy atom. The quantitative estimate of drug-likeness (QED) is 0.737. The molecule has 1 atom stereocenters. The van der Waals surface area contributed by atoms with Gasteiger partial charge in [0, 0.05) is 12.6 Å². The molecule has 1 aromatic rings. The van der Waals surface area contributed by atoms with E-state index in [1.165, 1.54) is 12.8 Å². The van der Waals surface area contributed by atoms with Gasteiger partial charge in [-0.2, -0.15) is 0 Å². The lowest BCUT2D eigenvalue weighted by Gasteiger charge is -2.22. The summed E-state index contributed by atoms with van der Waals surface area (Å²) in [6, 6.07) is 2.70. The lowest BCUT2D eigenvalue weighted by atomic mass is 10.2. The predicted molar refractivity (Wildman–Crippen MR) is 59.4 cm³/mol. The van der Waals surface area contributed by atoms with Crippen molar-refractivity contribution in [3.05, 3.63) is 17.8 Å². The third-order valence-corrected chi connectivity index (χ3v) is 2.98. The number of aromatic nitrogens is 1. The van der Waals surface area contributed by atoms with Crippen LogP contribution in [-0.4, -0.2) is 17.6 Å². The average molecular weight is 191 g/mol. The summed E-state index contributed by atoms with van der Waals surface area (Å²) in [5, 5.41) is 0. The van der Waals surface area contributed by atoms with Crippen LogP contribution in [0.15, 0.2) is 12.3 Å². The van der Waals surface area contributed by atoms with E-state index in [2.05, 4.69) is 22.9 Å². The standard InChI is InChI=1S/C11H17N3/c1-8-6-11(13-7-10(8)12)14-5-3-4-9(14)2/h6-7,9H,3-5,12H2,1-2H3/t9-/m0/s1. The highest BCUT2D eigenvalue weighted by Gasteiger charge is 2.21. The van der Waals surface area contributed by atoms with Crippen LogP contribution < -0.4 is 10.6 Å². The van der Waals surface area contributed by atoms with Gasteiger partial charge in [0.15, 0.2) is 0 Å². The van der Waals surface area contributed by atoms with Crippen molar-refractivity contribution in [1.29, 1.82) is 0 Å². The lowest BCUT2D eigenvalue weighted by Crippen LogP contribution is -2.27. The SMILES string of the molecule is Cc1cc(N2CCC[C@@H]2C)ncc1N. The molecular weight excluding hydrogens is 174 g/mol. The first-order valence-corrected chi connectivity index (χ1v) is 5.17. The zero-order chi connectivity index (χ0) is 10.1. The van der Waals surface area contributed by atoms with Gasteiger partial charge >= 0.3 is 0 Å². The second-order valence-electron chi connectivity index (χ2n) is 4.08. The van der Waals surface area contributed by atoms with Crippen molar-refractivity contribution in [3.8, 4) is 0 Å². The Morgan fingerprint density at radius 1 is 1.57 bits per heavy atom. The summed E-state index contributed by atoms with van der Waals surface area (Å²) >= 11 is 0. The van der Waals surface area contributed by atoms with E-state index in [1.54, 1.807) is 6.20 Å². The summed E-state index contributed by atoms with van der Waals surface area (Å²) in [5.74, 6) is 1.07. The average Bonchev–Trinajstić information content (AvgIpc) is 2.57. The molecule has 0 unspecified atom stereocenters. The summed E-state index contributed by atoms with van der Waals surface area (Å²) < 4.78 is 0. The van der Waals surface area contributed by atoms with Crippen LogP contribution in [-0.2, 0) is 0 Å². The zero-order valence-electron chi connectivity index (χ0n) is 8.83. The Kier molecular flexibility index (Phi) is 2.32. The topological polar surface area (TPSA) is 42.2 Å². The molecule has 0 radical (unpaired) electrons. The molecule has 1 aliphatic heterocycles. The Labute approximate surface area is 84.9 Å². The fourth-order valence-electron chi connectivity index (χ4n) is 1.98. The van der Waals surface area contributed by atoms with E-state index in [4.69, 9.17) is 5.73 Å². The van der Waals surface area contributed by atoms with Crippen LogP contribution in [0.4, 0.5) is 11.5 Å². The number of hydrogen-bond donors (Lipinski definition) is 1. The van der Waals surface area contributed by atoms with E-state index in [0.29, 0.717) is 6.04 Å². The number of aryl methyl sites for hydroxylation is 1. The Hall–Kier alpha value is -1.25. The van der Waals surface area contributed by atoms with E-state index < -0.39 is 0 Å². The smallest absolute Gasteiger partial charge is 0.129 e. The molecular formula is C11H17N3. The predicted octanol–water partition coefficient (Wildman–Crippen LogP) is 1.96. The second kappa shape index (κ2) is 3.48. The highest BCUT2D eigenvalue weighted by atomic mass is 15.2. The van der Waals surface area contributed by atoms with Crippen LogP contribution in [0.3, 0.4) is 0 Å². The molecule has 3 nitrogen and oxygen atoms in total. The minimum absolute atomic E-state index is 0.616. The minimum atomic E-state index is 0.616. The monoisotopic (exact) mass is 191 g/mol. The summed E-state index contributed by atoms with van der Waals surface area (Å²) in [6.45, 7) is 5.40. The van der Waals surface area contributed by atoms with Crippen molar-refractivity contribution in [2.75, 3.05) is 17.2 Å². The molecule has 1 saturated heterocycles. The molecule has 0 spiro atoms. The Bertz CT molecular complexity index is 335. The van der Waals surface area contributed by atoms with Crippen molar-refractivity contribution in [1.82, 2.24) is 4.98 Å². The van der Waals surface area contributed by atoms with Gasteiger partial charge in [0.2, 0.25) is 0 Å². The molecule has 1 fully saturated rings. The molecule has 0 amide bonds. The number of hydrogen-bond acceptors (Lipinski definition) is 3. The van der Waals surface area contributed by atoms with Crippen LogP contribution in [0.25, 0.3) is 0 Å². The molecule has 0 aliphatic carbocycles. The number of nitrogen functional groups attached to an aromatic ring is 1. The third kappa shape index (κ3) is 1.54. The van der Waals surface area contributed by atoms with Gasteiger partial charge in [0.25, 0.3) is 0 Å². The van der Waals surface area contributed by atoms with E-state index in [9.17, 15) is 0 Å². The number of rotatable bonds is 1. The van der Waals surface area contributed by atoms with Crippen molar-refractivity contribution >= 4 is 11.5 Å². The first-order valence-electron chi connectivity index (χ1n) is 5.17. The summed E-state index contributed by atoms with van der Waals surface area (Å²) in [4.78, 5) is 6.73. The maximum atomic E-state index is 5.74. The summed E-state index contributed by atoms with van der Waals surface area (Å²) in [6.07, 6.45) is 4.30. The number of nitrogens with two attached hydrogens (primary N) is 1. The van der Waals surface area contributed by atoms with Gasteiger partial charge in [0.1, 0.15) is 5.82 Å². The van der Waals surface area contributed by atoms with Crippen molar-refractivity contribution in [2.45, 2.75) is 32.7 Å². The van der Waals surface area contributed by atoms with Gasteiger partial charge in [-0.25, -0.2) is 4.98 Å². The van der Waals surface area contributed by atoms with Crippen LogP contribution in [0.1, 0.15) is 25.3 Å². The van der Waals surface area contributed by atoms with Gasteiger partial charge in [0.05, 0.1) is 11.9 Å². The van der Waals surface area contributed by atoms with E-state index in [0.717, 1.165) is 23.6 Å². The number of pyridine rings is 1. The van der Waals surface area contributed by atoms with Gasteiger partial charge in [-0.15, -0.1) is 0 Å². The third-order valence-electron chi connectivity index (χ3n) is 2.98. The molecule has 3 heteroatoms. The zero-order valence-corrected chi connectivity index (χ0v) is 8.83.